The quantitative estimate of drug-likeness (QED) is 0.446. The normalized spacial score (nSPS) is 11.5. The Hall–Kier alpha value is -3.63. The molecule has 33 heavy (non-hydrogen) atoms. The van der Waals surface area contributed by atoms with Crippen LogP contribution in [0, 0.1) is 0 Å². The van der Waals surface area contributed by atoms with Crippen LogP contribution < -0.4 is 26.4 Å². The molecule has 5 N–H and O–H groups in total. The average molecular weight is 488 g/mol. The Morgan fingerprint density at radius 1 is 1.15 bits per heavy atom. The van der Waals surface area contributed by atoms with E-state index in [0.29, 0.717) is 16.5 Å². The minimum absolute atomic E-state index is 0.00792. The van der Waals surface area contributed by atoms with Crippen LogP contribution in [0.5, 0.6) is 5.75 Å². The molecular formula is C22H22ClN5O4S. The minimum atomic E-state index is -0.921. The van der Waals surface area contributed by atoms with Crippen molar-refractivity contribution in [2.24, 2.45) is 5.73 Å². The van der Waals surface area contributed by atoms with Crippen LogP contribution in [0.4, 0.5) is 11.4 Å². The number of aromatic nitrogens is 1. The van der Waals surface area contributed by atoms with E-state index in [2.05, 4.69) is 9.69 Å². The molecule has 3 amide bonds. The van der Waals surface area contributed by atoms with Crippen molar-refractivity contribution in [3.05, 3.63) is 69.7 Å². The highest BCUT2D eigenvalue weighted by Gasteiger charge is 2.32. The van der Waals surface area contributed by atoms with Crippen molar-refractivity contribution in [2.45, 2.75) is 19.5 Å². The number of ether oxygens (including phenoxy) is 1. The molecular weight excluding hydrogens is 466 g/mol. The number of hydrogen-bond acceptors (Lipinski definition) is 7. The molecule has 11 heteroatoms. The highest BCUT2D eigenvalue weighted by molar-refractivity contribution is 7.09. The summed E-state index contributed by atoms with van der Waals surface area (Å²) in [5.74, 6) is -1.12. The van der Waals surface area contributed by atoms with E-state index < -0.39 is 23.8 Å². The predicted octanol–water partition coefficient (Wildman–Crippen LogP) is 2.84. The highest BCUT2D eigenvalue weighted by Crippen LogP contribution is 2.28. The first-order chi connectivity index (χ1) is 15.7. The van der Waals surface area contributed by atoms with Gasteiger partial charge in [-0.05, 0) is 60.4 Å². The summed E-state index contributed by atoms with van der Waals surface area (Å²) >= 11 is 6.73. The van der Waals surface area contributed by atoms with E-state index in [1.54, 1.807) is 50.4 Å². The molecule has 2 aromatic carbocycles. The number of anilines is 2. The van der Waals surface area contributed by atoms with Gasteiger partial charge < -0.3 is 21.5 Å². The molecule has 0 radical (unpaired) electrons. The summed E-state index contributed by atoms with van der Waals surface area (Å²) in [6.45, 7) is 1.84. The number of carbonyl (C=O) groups excluding carboxylic acids is 3. The molecule has 0 aliphatic heterocycles. The SMILES string of the molecule is COc1ccc(CNC(=O)C(C)N(C(=O)c2snc(C(N)=O)c2N)c2ccc(Cl)cc2)cc1. The van der Waals surface area contributed by atoms with E-state index in [1.807, 2.05) is 12.1 Å². The Kier molecular flexibility index (Phi) is 7.52. The summed E-state index contributed by atoms with van der Waals surface area (Å²) in [6.07, 6.45) is 0. The molecule has 1 atom stereocenters. The Labute approximate surface area is 199 Å². The number of carbonyl (C=O) groups is 3. The van der Waals surface area contributed by atoms with Gasteiger partial charge in [0.15, 0.2) is 5.69 Å². The molecule has 0 bridgehead atoms. The van der Waals surface area contributed by atoms with Crippen LogP contribution in [0.15, 0.2) is 48.5 Å². The van der Waals surface area contributed by atoms with Crippen LogP contribution in [-0.4, -0.2) is 35.2 Å². The van der Waals surface area contributed by atoms with E-state index in [9.17, 15) is 14.4 Å². The number of nitrogens with two attached hydrogens (primary N) is 2. The first kappa shape index (κ1) is 24.0. The lowest BCUT2D eigenvalue weighted by atomic mass is 10.1. The van der Waals surface area contributed by atoms with Crippen LogP contribution in [-0.2, 0) is 11.3 Å². The molecule has 0 spiro atoms. The first-order valence-corrected chi connectivity index (χ1v) is 10.9. The molecule has 172 valence electrons. The van der Waals surface area contributed by atoms with Crippen LogP contribution in [0.2, 0.25) is 5.02 Å². The van der Waals surface area contributed by atoms with E-state index >= 15 is 0 Å². The molecule has 0 fully saturated rings. The molecule has 1 unspecified atom stereocenters. The lowest BCUT2D eigenvalue weighted by Crippen LogP contribution is -2.48. The smallest absolute Gasteiger partial charge is 0.272 e. The van der Waals surface area contributed by atoms with Crippen molar-refractivity contribution in [3.8, 4) is 5.75 Å². The lowest BCUT2D eigenvalue weighted by Gasteiger charge is -2.28. The number of primary amides is 1. The third-order valence-electron chi connectivity index (χ3n) is 4.87. The zero-order valence-electron chi connectivity index (χ0n) is 17.9. The largest absolute Gasteiger partial charge is 0.497 e. The van der Waals surface area contributed by atoms with E-state index in [0.717, 1.165) is 17.1 Å². The number of hydrogen-bond donors (Lipinski definition) is 3. The number of rotatable bonds is 8. The molecule has 9 nitrogen and oxygen atoms in total. The second-order valence-electron chi connectivity index (χ2n) is 7.03. The fourth-order valence-corrected chi connectivity index (χ4v) is 3.92. The maximum absolute atomic E-state index is 13.4. The fourth-order valence-electron chi connectivity index (χ4n) is 3.05. The molecule has 3 rings (SSSR count). The third kappa shape index (κ3) is 5.41. The monoisotopic (exact) mass is 487 g/mol. The highest BCUT2D eigenvalue weighted by atomic mass is 35.5. The number of amides is 3. The van der Waals surface area contributed by atoms with Crippen LogP contribution >= 0.6 is 23.1 Å². The number of methoxy groups -OCH3 is 1. The molecule has 1 aromatic heterocycles. The van der Waals surface area contributed by atoms with Gasteiger partial charge in [-0.3, -0.25) is 19.3 Å². The average Bonchev–Trinajstić information content (AvgIpc) is 3.20. The van der Waals surface area contributed by atoms with Gasteiger partial charge in [0.2, 0.25) is 5.91 Å². The number of nitrogen functional groups attached to an aromatic ring is 1. The standard InChI is InChI=1S/C22H22ClN5O4S/c1-12(21(30)26-11-13-3-9-16(32-2)10-4-13)28(15-7-5-14(23)6-8-15)22(31)19-17(24)18(20(25)29)27-33-19/h3-10,12H,11,24H2,1-2H3,(H2,25,29)(H,26,30). The van der Waals surface area contributed by atoms with Gasteiger partial charge in [-0.25, -0.2) is 0 Å². The van der Waals surface area contributed by atoms with Crippen LogP contribution in [0.25, 0.3) is 0 Å². The predicted molar refractivity (Wildman–Crippen MR) is 128 cm³/mol. The zero-order chi connectivity index (χ0) is 24.1. The number of halogens is 1. The number of benzene rings is 2. The molecule has 1 heterocycles. The Balaban J connectivity index is 1.86. The van der Waals surface area contributed by atoms with Crippen LogP contribution in [0.1, 0.15) is 32.6 Å². The minimum Gasteiger partial charge on any atom is -0.497 e. The summed E-state index contributed by atoms with van der Waals surface area (Å²) in [4.78, 5) is 39.2. The summed E-state index contributed by atoms with van der Waals surface area (Å²) in [5, 5.41) is 3.29. The zero-order valence-corrected chi connectivity index (χ0v) is 19.4. The summed E-state index contributed by atoms with van der Waals surface area (Å²) in [5.41, 5.74) is 12.2. The van der Waals surface area contributed by atoms with Crippen molar-refractivity contribution >= 4 is 52.2 Å². The topological polar surface area (TPSA) is 141 Å². The number of nitrogens with one attached hydrogen (secondary N) is 1. The van der Waals surface area contributed by atoms with Crippen molar-refractivity contribution in [1.29, 1.82) is 0 Å². The third-order valence-corrected chi connectivity index (χ3v) is 5.97. The van der Waals surface area contributed by atoms with Gasteiger partial charge in [0.1, 0.15) is 16.7 Å². The van der Waals surface area contributed by atoms with E-state index in [4.69, 9.17) is 27.8 Å². The van der Waals surface area contributed by atoms with Crippen molar-refractivity contribution in [1.82, 2.24) is 9.69 Å². The summed E-state index contributed by atoms with van der Waals surface area (Å²) in [7, 11) is 1.57. The van der Waals surface area contributed by atoms with Crippen LogP contribution in [0.3, 0.4) is 0 Å². The van der Waals surface area contributed by atoms with Crippen molar-refractivity contribution in [3.63, 3.8) is 0 Å². The molecule has 0 aliphatic carbocycles. The lowest BCUT2D eigenvalue weighted by molar-refractivity contribution is -0.122. The van der Waals surface area contributed by atoms with Gasteiger partial charge >= 0.3 is 0 Å². The summed E-state index contributed by atoms with van der Waals surface area (Å²) in [6, 6.07) is 12.7. The fraction of sp³-hybridized carbons (Fsp3) is 0.182. The van der Waals surface area contributed by atoms with Gasteiger partial charge in [-0.2, -0.15) is 4.37 Å². The van der Waals surface area contributed by atoms with Gasteiger partial charge in [-0.1, -0.05) is 23.7 Å². The van der Waals surface area contributed by atoms with E-state index in [1.165, 1.54) is 4.90 Å². The molecule has 0 saturated heterocycles. The number of nitrogens with zero attached hydrogens (tertiary/aromatic N) is 2. The Bertz CT molecular complexity index is 1160. The molecule has 0 saturated carbocycles. The van der Waals surface area contributed by atoms with Gasteiger partial charge in [0.25, 0.3) is 11.8 Å². The second kappa shape index (κ2) is 10.3. The van der Waals surface area contributed by atoms with Gasteiger partial charge in [-0.15, -0.1) is 0 Å². The van der Waals surface area contributed by atoms with Gasteiger partial charge in [0.05, 0.1) is 12.8 Å². The summed E-state index contributed by atoms with van der Waals surface area (Å²) < 4.78 is 9.02. The maximum Gasteiger partial charge on any atom is 0.272 e. The Morgan fingerprint density at radius 3 is 2.33 bits per heavy atom. The second-order valence-corrected chi connectivity index (χ2v) is 8.24. The van der Waals surface area contributed by atoms with Gasteiger partial charge in [0, 0.05) is 17.3 Å². The first-order valence-electron chi connectivity index (χ1n) is 9.77. The molecule has 3 aromatic rings. The maximum atomic E-state index is 13.4. The molecule has 0 aliphatic rings. The Morgan fingerprint density at radius 2 is 1.79 bits per heavy atom. The van der Waals surface area contributed by atoms with Crippen molar-refractivity contribution < 1.29 is 19.1 Å². The van der Waals surface area contributed by atoms with Crippen molar-refractivity contribution in [2.75, 3.05) is 17.7 Å². The van der Waals surface area contributed by atoms with E-state index in [-0.39, 0.29) is 22.8 Å².